The molecular weight excluding hydrogens is 232 g/mol. The average molecular weight is 244 g/mol. The summed E-state index contributed by atoms with van der Waals surface area (Å²) in [6.07, 6.45) is 0. The molecule has 0 saturated carbocycles. The molecule has 0 radical (unpaired) electrons. The second-order valence-electron chi connectivity index (χ2n) is 4.38. The van der Waals surface area contributed by atoms with Crippen molar-refractivity contribution in [2.24, 2.45) is 0 Å². The van der Waals surface area contributed by atoms with E-state index in [1.54, 1.807) is 0 Å². The molecule has 0 N–H and O–H groups in total. The van der Waals surface area contributed by atoms with Gasteiger partial charge < -0.3 is 9.47 Å². The number of rotatable bonds is 1. The van der Waals surface area contributed by atoms with Crippen LogP contribution in [0.25, 0.3) is 0 Å². The minimum Gasteiger partial charge on any atom is -0.336 e. The molecule has 2 aliphatic heterocycles. The first-order valence-electron chi connectivity index (χ1n) is 5.77. The second-order valence-corrected chi connectivity index (χ2v) is 4.38. The number of anilines is 1. The predicted molar refractivity (Wildman–Crippen MR) is 62.7 cm³/mol. The molecule has 5 nitrogen and oxygen atoms in total. The number of nitriles is 1. The minimum absolute atomic E-state index is 0.00334. The molecule has 1 amide bonds. The van der Waals surface area contributed by atoms with Crippen LogP contribution in [0.1, 0.15) is 11.1 Å². The van der Waals surface area contributed by atoms with E-state index in [1.165, 1.54) is 4.90 Å². The molecule has 1 fully saturated rings. The summed E-state index contributed by atoms with van der Waals surface area (Å²) in [6, 6.07) is 7.62. The fourth-order valence-corrected chi connectivity index (χ4v) is 2.47. The Morgan fingerprint density at radius 2 is 2.17 bits per heavy atom. The third-order valence-electron chi connectivity index (χ3n) is 3.25. The molecular formula is C13H12N2O3. The Kier molecular flexibility index (Phi) is 2.37. The number of ether oxygens (including phenoxy) is 2. The Morgan fingerprint density at radius 3 is 2.83 bits per heavy atom. The second kappa shape index (κ2) is 3.80. The number of fused-ring (bicyclic) bond motifs is 2. The molecule has 1 aromatic carbocycles. The average Bonchev–Trinajstić information content (AvgIpc) is 2.92. The van der Waals surface area contributed by atoms with Gasteiger partial charge in [-0.2, -0.15) is 5.26 Å². The zero-order valence-corrected chi connectivity index (χ0v) is 9.97. The number of benzene rings is 1. The van der Waals surface area contributed by atoms with Crippen LogP contribution in [0, 0.1) is 18.3 Å². The van der Waals surface area contributed by atoms with Gasteiger partial charge in [0.1, 0.15) is 6.54 Å². The molecule has 1 saturated heterocycles. The van der Waals surface area contributed by atoms with Crippen molar-refractivity contribution in [2.45, 2.75) is 12.7 Å². The standard InChI is InChI=1S/C13H12N2O3/c1-9-2-3-11-10(8-9)13(17-6-7-18-13)12(16)15(11)5-4-14/h2-3,8H,5-7H2,1H3. The summed E-state index contributed by atoms with van der Waals surface area (Å²) < 4.78 is 11.1. The van der Waals surface area contributed by atoms with Gasteiger partial charge in [-0.05, 0) is 19.1 Å². The molecule has 0 aliphatic carbocycles. The Balaban J connectivity index is 2.18. The first-order valence-corrected chi connectivity index (χ1v) is 5.77. The molecule has 2 heterocycles. The van der Waals surface area contributed by atoms with Gasteiger partial charge in [-0.15, -0.1) is 0 Å². The van der Waals surface area contributed by atoms with Crippen molar-refractivity contribution in [3.05, 3.63) is 29.3 Å². The lowest BCUT2D eigenvalue weighted by Crippen LogP contribution is -2.41. The zero-order chi connectivity index (χ0) is 12.8. The quantitative estimate of drug-likeness (QED) is 0.693. The van der Waals surface area contributed by atoms with E-state index in [0.29, 0.717) is 24.5 Å². The van der Waals surface area contributed by atoms with Crippen LogP contribution in [0.15, 0.2) is 18.2 Å². The Morgan fingerprint density at radius 1 is 1.44 bits per heavy atom. The molecule has 5 heteroatoms. The van der Waals surface area contributed by atoms with Crippen molar-refractivity contribution in [3.8, 4) is 6.07 Å². The summed E-state index contributed by atoms with van der Waals surface area (Å²) >= 11 is 0. The van der Waals surface area contributed by atoms with Gasteiger partial charge in [0, 0.05) is 5.56 Å². The molecule has 18 heavy (non-hydrogen) atoms. The third kappa shape index (κ3) is 1.30. The molecule has 0 aromatic heterocycles. The van der Waals surface area contributed by atoms with Crippen LogP contribution < -0.4 is 4.90 Å². The topological polar surface area (TPSA) is 62.6 Å². The maximum Gasteiger partial charge on any atom is 0.293 e. The van der Waals surface area contributed by atoms with Gasteiger partial charge in [-0.3, -0.25) is 9.69 Å². The van der Waals surface area contributed by atoms with Gasteiger partial charge in [0.25, 0.3) is 11.7 Å². The van der Waals surface area contributed by atoms with Crippen molar-refractivity contribution in [1.29, 1.82) is 5.26 Å². The van der Waals surface area contributed by atoms with E-state index in [2.05, 4.69) is 0 Å². The minimum atomic E-state index is -1.32. The SMILES string of the molecule is Cc1ccc2c(c1)C1(OCCO1)C(=O)N2CC#N. The Bertz CT molecular complexity index is 556. The van der Waals surface area contributed by atoms with Crippen molar-refractivity contribution in [3.63, 3.8) is 0 Å². The normalized spacial score (nSPS) is 20.2. The third-order valence-corrected chi connectivity index (χ3v) is 3.25. The summed E-state index contributed by atoms with van der Waals surface area (Å²) in [4.78, 5) is 13.8. The first kappa shape index (κ1) is 11.2. The summed E-state index contributed by atoms with van der Waals surface area (Å²) in [6.45, 7) is 2.72. The summed E-state index contributed by atoms with van der Waals surface area (Å²) in [5, 5.41) is 8.83. The predicted octanol–water partition coefficient (Wildman–Crippen LogP) is 1.06. The maximum atomic E-state index is 12.4. The van der Waals surface area contributed by atoms with Gasteiger partial charge >= 0.3 is 0 Å². The van der Waals surface area contributed by atoms with E-state index >= 15 is 0 Å². The molecule has 0 unspecified atom stereocenters. The fraction of sp³-hybridized carbons (Fsp3) is 0.385. The van der Waals surface area contributed by atoms with Crippen molar-refractivity contribution >= 4 is 11.6 Å². The number of aryl methyl sites for hydroxylation is 1. The molecule has 92 valence electrons. The van der Waals surface area contributed by atoms with Crippen LogP contribution in [0.2, 0.25) is 0 Å². The lowest BCUT2D eigenvalue weighted by molar-refractivity contribution is -0.180. The molecule has 2 aliphatic rings. The van der Waals surface area contributed by atoms with Gasteiger partial charge in [-0.25, -0.2) is 0 Å². The van der Waals surface area contributed by atoms with Crippen LogP contribution in [-0.4, -0.2) is 25.7 Å². The number of nitrogens with zero attached hydrogens (tertiary/aromatic N) is 2. The zero-order valence-electron chi connectivity index (χ0n) is 9.97. The van der Waals surface area contributed by atoms with Crippen molar-refractivity contribution < 1.29 is 14.3 Å². The number of hydrogen-bond donors (Lipinski definition) is 0. The number of carbonyl (C=O) groups excluding carboxylic acids is 1. The maximum absolute atomic E-state index is 12.4. The van der Waals surface area contributed by atoms with Crippen molar-refractivity contribution in [2.75, 3.05) is 24.7 Å². The highest BCUT2D eigenvalue weighted by Crippen LogP contribution is 2.45. The van der Waals surface area contributed by atoms with Crippen LogP contribution in [-0.2, 0) is 20.1 Å². The lowest BCUT2D eigenvalue weighted by atomic mass is 10.0. The number of hydrogen-bond acceptors (Lipinski definition) is 4. The highest BCUT2D eigenvalue weighted by molar-refractivity contribution is 6.06. The molecule has 1 aromatic rings. The molecule has 0 atom stereocenters. The van der Waals surface area contributed by atoms with E-state index in [0.717, 1.165) is 5.56 Å². The van der Waals surface area contributed by atoms with Crippen LogP contribution >= 0.6 is 0 Å². The fourth-order valence-electron chi connectivity index (χ4n) is 2.47. The Hall–Kier alpha value is -1.90. The van der Waals surface area contributed by atoms with Crippen molar-refractivity contribution in [1.82, 2.24) is 0 Å². The Labute approximate surface area is 105 Å². The molecule has 1 spiro atoms. The van der Waals surface area contributed by atoms with Gasteiger partial charge in [0.2, 0.25) is 0 Å². The highest BCUT2D eigenvalue weighted by atomic mass is 16.7. The monoisotopic (exact) mass is 244 g/mol. The number of carbonyl (C=O) groups is 1. The van der Waals surface area contributed by atoms with E-state index in [1.807, 2.05) is 31.2 Å². The van der Waals surface area contributed by atoms with E-state index in [4.69, 9.17) is 14.7 Å². The van der Waals surface area contributed by atoms with E-state index in [-0.39, 0.29) is 12.5 Å². The van der Waals surface area contributed by atoms with Crippen LogP contribution in [0.4, 0.5) is 5.69 Å². The first-order chi connectivity index (χ1) is 8.69. The van der Waals surface area contributed by atoms with Gasteiger partial charge in [-0.1, -0.05) is 11.6 Å². The summed E-state index contributed by atoms with van der Waals surface area (Å²) in [7, 11) is 0. The lowest BCUT2D eigenvalue weighted by Gasteiger charge is -2.20. The summed E-state index contributed by atoms with van der Waals surface area (Å²) in [5.74, 6) is -1.62. The van der Waals surface area contributed by atoms with E-state index in [9.17, 15) is 4.79 Å². The van der Waals surface area contributed by atoms with Crippen LogP contribution in [0.5, 0.6) is 0 Å². The smallest absolute Gasteiger partial charge is 0.293 e. The van der Waals surface area contributed by atoms with E-state index < -0.39 is 5.79 Å². The molecule has 3 rings (SSSR count). The number of amides is 1. The highest BCUT2D eigenvalue weighted by Gasteiger charge is 2.55. The molecule has 0 bridgehead atoms. The van der Waals surface area contributed by atoms with Gasteiger partial charge in [0.05, 0.1) is 25.0 Å². The summed E-state index contributed by atoms with van der Waals surface area (Å²) in [5.41, 5.74) is 2.44. The van der Waals surface area contributed by atoms with Gasteiger partial charge in [0.15, 0.2) is 0 Å². The van der Waals surface area contributed by atoms with Crippen LogP contribution in [0.3, 0.4) is 0 Å². The largest absolute Gasteiger partial charge is 0.336 e.